The quantitative estimate of drug-likeness (QED) is 0.264. The Kier molecular flexibility index (Phi) is 9.10. The van der Waals surface area contributed by atoms with Gasteiger partial charge in [-0.3, -0.25) is 0 Å². The lowest BCUT2D eigenvalue weighted by Crippen LogP contribution is -2.26. The summed E-state index contributed by atoms with van der Waals surface area (Å²) in [6, 6.07) is 5.36. The normalized spacial score (nSPS) is 24.8. The summed E-state index contributed by atoms with van der Waals surface area (Å²) in [5.41, 5.74) is -0.273. The van der Waals surface area contributed by atoms with Crippen molar-refractivity contribution in [2.45, 2.75) is 77.2 Å². The highest BCUT2D eigenvalue weighted by molar-refractivity contribution is 5.66. The zero-order chi connectivity index (χ0) is 25.7. The fourth-order valence-corrected chi connectivity index (χ4v) is 5.76. The minimum Gasteiger partial charge on any atom is -0.491 e. The van der Waals surface area contributed by atoms with Crippen molar-refractivity contribution < 1.29 is 27.0 Å². The Morgan fingerprint density at radius 2 is 1.53 bits per heavy atom. The van der Waals surface area contributed by atoms with Crippen molar-refractivity contribution in [3.8, 4) is 16.9 Å². The molecule has 2 aromatic carbocycles. The molecule has 2 fully saturated rings. The summed E-state index contributed by atoms with van der Waals surface area (Å²) in [6.45, 7) is 4.66. The van der Waals surface area contributed by atoms with Crippen LogP contribution in [0.1, 0.15) is 76.7 Å². The van der Waals surface area contributed by atoms with Crippen molar-refractivity contribution in [2.75, 3.05) is 13.2 Å². The van der Waals surface area contributed by atoms with Gasteiger partial charge in [-0.1, -0.05) is 24.3 Å². The van der Waals surface area contributed by atoms with E-state index >= 15 is 8.78 Å². The van der Waals surface area contributed by atoms with Gasteiger partial charge in [-0.25, -0.2) is 13.2 Å². The molecule has 4 rings (SSSR count). The molecule has 2 aliphatic rings. The van der Waals surface area contributed by atoms with Crippen LogP contribution >= 0.6 is 0 Å². The van der Waals surface area contributed by atoms with Crippen LogP contribution in [0.25, 0.3) is 11.1 Å². The molecular formula is C30H36F4O2. The lowest BCUT2D eigenvalue weighted by molar-refractivity contribution is -0.0121. The highest BCUT2D eigenvalue weighted by atomic mass is 19.2. The summed E-state index contributed by atoms with van der Waals surface area (Å²) < 4.78 is 70.1. The van der Waals surface area contributed by atoms with E-state index in [0.717, 1.165) is 51.6 Å². The molecular weight excluding hydrogens is 468 g/mol. The first-order valence-corrected chi connectivity index (χ1v) is 13.3. The Morgan fingerprint density at radius 1 is 0.833 bits per heavy atom. The molecule has 0 N–H and O–H groups in total. The predicted octanol–water partition coefficient (Wildman–Crippen LogP) is 8.73. The Hall–Kier alpha value is -2.34. The third kappa shape index (κ3) is 5.96. The fourth-order valence-electron chi connectivity index (χ4n) is 5.76. The summed E-state index contributed by atoms with van der Waals surface area (Å²) in [5, 5.41) is 0. The van der Waals surface area contributed by atoms with E-state index in [1.165, 1.54) is 30.7 Å². The molecule has 1 heterocycles. The molecule has 0 bridgehead atoms. The highest BCUT2D eigenvalue weighted by Crippen LogP contribution is 2.41. The smallest absolute Gasteiger partial charge is 0.201 e. The minimum absolute atomic E-state index is 0.0702. The molecule has 1 aliphatic carbocycles. The van der Waals surface area contributed by atoms with Crippen LogP contribution in [0.2, 0.25) is 0 Å². The van der Waals surface area contributed by atoms with Crippen LogP contribution in [0.15, 0.2) is 36.4 Å². The van der Waals surface area contributed by atoms with Gasteiger partial charge in [0.25, 0.3) is 0 Å². The molecule has 2 aromatic rings. The Bertz CT molecular complexity index is 1050. The number of hydrogen-bond acceptors (Lipinski definition) is 2. The average molecular weight is 505 g/mol. The van der Waals surface area contributed by atoms with E-state index in [2.05, 4.69) is 12.2 Å². The van der Waals surface area contributed by atoms with E-state index in [4.69, 9.17) is 9.47 Å². The third-order valence-corrected chi connectivity index (χ3v) is 7.80. The maximum absolute atomic E-state index is 15.1. The first kappa shape index (κ1) is 26.7. The van der Waals surface area contributed by atoms with Crippen LogP contribution < -0.4 is 4.74 Å². The van der Waals surface area contributed by atoms with E-state index in [1.807, 2.05) is 6.92 Å². The van der Waals surface area contributed by atoms with Crippen molar-refractivity contribution >= 4 is 0 Å². The largest absolute Gasteiger partial charge is 0.491 e. The molecule has 0 spiro atoms. The molecule has 0 radical (unpaired) electrons. The fraction of sp³-hybridized carbons (Fsp3) is 0.533. The Balaban J connectivity index is 1.35. The van der Waals surface area contributed by atoms with Crippen LogP contribution in [-0.2, 0) is 4.74 Å². The second-order valence-corrected chi connectivity index (χ2v) is 10.1. The maximum Gasteiger partial charge on any atom is 0.201 e. The molecule has 196 valence electrons. The zero-order valence-electron chi connectivity index (χ0n) is 21.2. The Morgan fingerprint density at radius 3 is 2.17 bits per heavy atom. The van der Waals surface area contributed by atoms with E-state index < -0.39 is 23.3 Å². The van der Waals surface area contributed by atoms with Crippen LogP contribution in [0.3, 0.4) is 0 Å². The molecule has 6 heteroatoms. The summed E-state index contributed by atoms with van der Waals surface area (Å²) >= 11 is 0. The minimum atomic E-state index is -1.24. The molecule has 1 aliphatic heterocycles. The van der Waals surface area contributed by atoms with Crippen LogP contribution in [0.4, 0.5) is 17.6 Å². The molecule has 1 saturated carbocycles. The van der Waals surface area contributed by atoms with Gasteiger partial charge in [-0.2, -0.15) is 4.39 Å². The molecule has 36 heavy (non-hydrogen) atoms. The summed E-state index contributed by atoms with van der Waals surface area (Å²) in [7, 11) is 0. The zero-order valence-corrected chi connectivity index (χ0v) is 21.2. The van der Waals surface area contributed by atoms with E-state index in [-0.39, 0.29) is 29.4 Å². The van der Waals surface area contributed by atoms with Gasteiger partial charge in [-0.05, 0) is 94.7 Å². The molecule has 2 atom stereocenters. The molecule has 1 saturated heterocycles. The van der Waals surface area contributed by atoms with E-state index in [1.54, 1.807) is 6.92 Å². The number of halogens is 4. The highest BCUT2D eigenvalue weighted by Gasteiger charge is 2.29. The van der Waals surface area contributed by atoms with Gasteiger partial charge >= 0.3 is 0 Å². The predicted molar refractivity (Wildman–Crippen MR) is 134 cm³/mol. The van der Waals surface area contributed by atoms with Crippen molar-refractivity contribution in [3.05, 3.63) is 65.2 Å². The lowest BCUT2D eigenvalue weighted by Gasteiger charge is -2.32. The Labute approximate surface area is 211 Å². The van der Waals surface area contributed by atoms with E-state index in [9.17, 15) is 8.78 Å². The van der Waals surface area contributed by atoms with Crippen molar-refractivity contribution in [1.29, 1.82) is 0 Å². The lowest BCUT2D eigenvalue weighted by atomic mass is 9.76. The molecule has 2 unspecified atom stereocenters. The van der Waals surface area contributed by atoms with Crippen molar-refractivity contribution in [3.63, 3.8) is 0 Å². The standard InChI is InChI=1S/C30H36F4O2/c1-3-5-20-9-13-22(36-18-20)12-8-19-6-10-21(11-7-19)23-14-15-24(28(32)27(23)31)25-16-17-26(35-4-2)30(34)29(25)33/h3,5,14-17,19-22H,4,6-13,18H2,1-2H3/b5-3+. The molecule has 2 nitrogen and oxygen atoms in total. The van der Waals surface area contributed by atoms with Gasteiger partial charge in [0.2, 0.25) is 5.82 Å². The van der Waals surface area contributed by atoms with Gasteiger partial charge < -0.3 is 9.47 Å². The number of rotatable bonds is 8. The number of hydrogen-bond donors (Lipinski definition) is 0. The number of benzene rings is 2. The van der Waals surface area contributed by atoms with Gasteiger partial charge in [0.1, 0.15) is 0 Å². The third-order valence-electron chi connectivity index (χ3n) is 7.80. The topological polar surface area (TPSA) is 18.5 Å². The summed E-state index contributed by atoms with van der Waals surface area (Å²) in [4.78, 5) is 0. The monoisotopic (exact) mass is 504 g/mol. The first-order valence-electron chi connectivity index (χ1n) is 13.3. The van der Waals surface area contributed by atoms with Gasteiger partial charge in [0.05, 0.1) is 19.3 Å². The maximum atomic E-state index is 15.1. The number of ether oxygens (including phenoxy) is 2. The average Bonchev–Trinajstić information content (AvgIpc) is 2.89. The van der Waals surface area contributed by atoms with Gasteiger partial charge in [0, 0.05) is 17.0 Å². The van der Waals surface area contributed by atoms with Crippen molar-refractivity contribution in [2.24, 2.45) is 11.8 Å². The summed E-state index contributed by atoms with van der Waals surface area (Å²) in [6.07, 6.45) is 12.6. The van der Waals surface area contributed by atoms with Gasteiger partial charge in [-0.15, -0.1) is 0 Å². The second kappa shape index (κ2) is 12.3. The molecule has 0 amide bonds. The molecule has 0 aromatic heterocycles. The first-order chi connectivity index (χ1) is 17.4. The SMILES string of the molecule is C/C=C/C1CCC(CCC2CCC(c3ccc(-c4ccc(OCC)c(F)c4F)c(F)c3F)CC2)OC1. The van der Waals surface area contributed by atoms with Crippen molar-refractivity contribution in [1.82, 2.24) is 0 Å². The second-order valence-electron chi connectivity index (χ2n) is 10.1. The van der Waals surface area contributed by atoms with Crippen LogP contribution in [0.5, 0.6) is 5.75 Å². The number of allylic oxidation sites excluding steroid dienone is 1. The van der Waals surface area contributed by atoms with E-state index in [0.29, 0.717) is 23.5 Å². The van der Waals surface area contributed by atoms with Crippen LogP contribution in [-0.4, -0.2) is 19.3 Å². The van der Waals surface area contributed by atoms with Crippen LogP contribution in [0, 0.1) is 35.1 Å². The van der Waals surface area contributed by atoms with Gasteiger partial charge in [0.15, 0.2) is 23.2 Å². The summed E-state index contributed by atoms with van der Waals surface area (Å²) in [5.74, 6) is -3.75.